The van der Waals surface area contributed by atoms with Gasteiger partial charge in [-0.3, -0.25) is 4.79 Å². The van der Waals surface area contributed by atoms with E-state index in [2.05, 4.69) is 13.8 Å². The van der Waals surface area contributed by atoms with Crippen LogP contribution in [0.15, 0.2) is 0 Å². The lowest BCUT2D eigenvalue weighted by Gasteiger charge is -2.35. The smallest absolute Gasteiger partial charge is 0.306 e. The summed E-state index contributed by atoms with van der Waals surface area (Å²) in [5, 5.41) is 8.85. The molecule has 76 valence electrons. The summed E-state index contributed by atoms with van der Waals surface area (Å²) in [5.41, 5.74) is 0. The van der Waals surface area contributed by atoms with Crippen molar-refractivity contribution in [3.8, 4) is 0 Å². The maximum atomic E-state index is 10.7. The number of rotatable bonds is 5. The lowest BCUT2D eigenvalue weighted by molar-refractivity contribution is -0.148. The van der Waals surface area contributed by atoms with E-state index in [4.69, 9.17) is 5.11 Å². The predicted octanol–water partition coefficient (Wildman–Crippen LogP) is 2.92. The molecular weight excluding hydrogens is 164 g/mol. The van der Waals surface area contributed by atoms with Gasteiger partial charge in [0.05, 0.1) is 5.92 Å². The van der Waals surface area contributed by atoms with Crippen molar-refractivity contribution in [3.05, 3.63) is 0 Å². The molecule has 1 fully saturated rings. The molecule has 0 radical (unpaired) electrons. The Morgan fingerprint density at radius 3 is 2.62 bits per heavy atom. The van der Waals surface area contributed by atoms with Crippen molar-refractivity contribution in [1.29, 1.82) is 0 Å². The molecule has 0 aromatic heterocycles. The number of carboxylic acids is 1. The zero-order valence-corrected chi connectivity index (χ0v) is 8.62. The Kier molecular flexibility index (Phi) is 3.76. The highest BCUT2D eigenvalue weighted by molar-refractivity contribution is 5.71. The summed E-state index contributed by atoms with van der Waals surface area (Å²) in [7, 11) is 0. The summed E-state index contributed by atoms with van der Waals surface area (Å²) in [6, 6.07) is 0. The first-order chi connectivity index (χ1) is 6.15. The monoisotopic (exact) mass is 184 g/mol. The SMILES string of the molecule is CCCC(C)CC1CCC1C(=O)O. The zero-order chi connectivity index (χ0) is 9.84. The number of hydrogen-bond donors (Lipinski definition) is 1. The minimum atomic E-state index is -0.583. The average Bonchev–Trinajstić information content (AvgIpc) is 1.97. The van der Waals surface area contributed by atoms with E-state index in [-0.39, 0.29) is 5.92 Å². The van der Waals surface area contributed by atoms with E-state index in [1.807, 2.05) is 0 Å². The summed E-state index contributed by atoms with van der Waals surface area (Å²) in [5.74, 6) is 0.565. The van der Waals surface area contributed by atoms with Crippen molar-refractivity contribution in [3.63, 3.8) is 0 Å². The van der Waals surface area contributed by atoms with E-state index in [0.717, 1.165) is 19.3 Å². The molecule has 3 unspecified atom stereocenters. The fraction of sp³-hybridized carbons (Fsp3) is 0.909. The minimum absolute atomic E-state index is 0.0284. The van der Waals surface area contributed by atoms with Gasteiger partial charge in [-0.2, -0.15) is 0 Å². The topological polar surface area (TPSA) is 37.3 Å². The summed E-state index contributed by atoms with van der Waals surface area (Å²) in [6.45, 7) is 4.42. The van der Waals surface area contributed by atoms with Gasteiger partial charge in [0.2, 0.25) is 0 Å². The molecule has 0 spiro atoms. The van der Waals surface area contributed by atoms with E-state index in [1.54, 1.807) is 0 Å². The quantitative estimate of drug-likeness (QED) is 0.713. The fourth-order valence-corrected chi connectivity index (χ4v) is 2.30. The van der Waals surface area contributed by atoms with Crippen LogP contribution in [0.3, 0.4) is 0 Å². The molecular formula is C11H20O2. The maximum Gasteiger partial charge on any atom is 0.306 e. The van der Waals surface area contributed by atoms with Crippen molar-refractivity contribution in [2.75, 3.05) is 0 Å². The molecule has 1 saturated carbocycles. The molecule has 0 amide bonds. The van der Waals surface area contributed by atoms with Gasteiger partial charge >= 0.3 is 5.97 Å². The third kappa shape index (κ3) is 2.71. The van der Waals surface area contributed by atoms with Crippen LogP contribution in [0.1, 0.15) is 46.0 Å². The van der Waals surface area contributed by atoms with Crippen molar-refractivity contribution >= 4 is 5.97 Å². The van der Waals surface area contributed by atoms with Gasteiger partial charge in [0.25, 0.3) is 0 Å². The summed E-state index contributed by atoms with van der Waals surface area (Å²) in [4.78, 5) is 10.7. The fourth-order valence-electron chi connectivity index (χ4n) is 2.30. The number of aliphatic carboxylic acids is 1. The van der Waals surface area contributed by atoms with Crippen LogP contribution >= 0.6 is 0 Å². The van der Waals surface area contributed by atoms with Crippen LogP contribution in [-0.4, -0.2) is 11.1 Å². The molecule has 2 heteroatoms. The van der Waals surface area contributed by atoms with Gasteiger partial charge < -0.3 is 5.11 Å². The summed E-state index contributed by atoms with van der Waals surface area (Å²) in [6.07, 6.45) is 5.60. The predicted molar refractivity (Wildman–Crippen MR) is 52.5 cm³/mol. The molecule has 1 aliphatic carbocycles. The van der Waals surface area contributed by atoms with Gasteiger partial charge in [0.1, 0.15) is 0 Å². The third-order valence-electron chi connectivity index (χ3n) is 3.22. The minimum Gasteiger partial charge on any atom is -0.481 e. The summed E-state index contributed by atoms with van der Waals surface area (Å²) >= 11 is 0. The lowest BCUT2D eigenvalue weighted by Crippen LogP contribution is -2.33. The molecule has 0 heterocycles. The first-order valence-electron chi connectivity index (χ1n) is 5.38. The molecule has 1 aliphatic rings. The van der Waals surface area contributed by atoms with Crippen LogP contribution in [0.5, 0.6) is 0 Å². The Balaban J connectivity index is 2.25. The Hall–Kier alpha value is -0.530. The first-order valence-corrected chi connectivity index (χ1v) is 5.38. The Labute approximate surface area is 80.3 Å². The van der Waals surface area contributed by atoms with Gasteiger partial charge in [0, 0.05) is 0 Å². The van der Waals surface area contributed by atoms with Gasteiger partial charge in [-0.25, -0.2) is 0 Å². The van der Waals surface area contributed by atoms with Gasteiger partial charge in [-0.05, 0) is 31.1 Å². The number of carbonyl (C=O) groups is 1. The Morgan fingerprint density at radius 2 is 2.23 bits per heavy atom. The van der Waals surface area contributed by atoms with Crippen LogP contribution in [0.4, 0.5) is 0 Å². The molecule has 0 aromatic rings. The van der Waals surface area contributed by atoms with E-state index < -0.39 is 5.97 Å². The molecule has 3 atom stereocenters. The second-order valence-corrected chi connectivity index (χ2v) is 4.41. The van der Waals surface area contributed by atoms with Crippen LogP contribution in [0, 0.1) is 17.8 Å². The van der Waals surface area contributed by atoms with Crippen molar-refractivity contribution in [2.24, 2.45) is 17.8 Å². The molecule has 0 aromatic carbocycles. The average molecular weight is 184 g/mol. The Morgan fingerprint density at radius 1 is 1.54 bits per heavy atom. The van der Waals surface area contributed by atoms with Crippen LogP contribution in [-0.2, 0) is 4.79 Å². The molecule has 1 rings (SSSR count). The first kappa shape index (κ1) is 10.6. The third-order valence-corrected chi connectivity index (χ3v) is 3.22. The van der Waals surface area contributed by atoms with Crippen LogP contribution < -0.4 is 0 Å². The van der Waals surface area contributed by atoms with E-state index in [0.29, 0.717) is 11.8 Å². The lowest BCUT2D eigenvalue weighted by atomic mass is 9.69. The molecule has 2 nitrogen and oxygen atoms in total. The zero-order valence-electron chi connectivity index (χ0n) is 8.62. The van der Waals surface area contributed by atoms with Gasteiger partial charge in [-0.15, -0.1) is 0 Å². The second-order valence-electron chi connectivity index (χ2n) is 4.41. The van der Waals surface area contributed by atoms with Crippen LogP contribution in [0.2, 0.25) is 0 Å². The highest BCUT2D eigenvalue weighted by Crippen LogP contribution is 2.39. The largest absolute Gasteiger partial charge is 0.481 e. The number of carboxylic acid groups (broad SMARTS) is 1. The molecule has 0 saturated heterocycles. The van der Waals surface area contributed by atoms with E-state index in [9.17, 15) is 4.79 Å². The highest BCUT2D eigenvalue weighted by atomic mass is 16.4. The molecule has 1 N–H and O–H groups in total. The molecule has 0 bridgehead atoms. The Bertz CT molecular complexity index is 177. The van der Waals surface area contributed by atoms with Crippen molar-refractivity contribution in [1.82, 2.24) is 0 Å². The second kappa shape index (κ2) is 4.64. The highest BCUT2D eigenvalue weighted by Gasteiger charge is 2.36. The van der Waals surface area contributed by atoms with Gasteiger partial charge in [-0.1, -0.05) is 26.7 Å². The van der Waals surface area contributed by atoms with Crippen LogP contribution in [0.25, 0.3) is 0 Å². The van der Waals surface area contributed by atoms with Crippen molar-refractivity contribution < 1.29 is 9.90 Å². The molecule has 0 aliphatic heterocycles. The normalized spacial score (nSPS) is 29.4. The number of hydrogen-bond acceptors (Lipinski definition) is 1. The van der Waals surface area contributed by atoms with E-state index in [1.165, 1.54) is 12.8 Å². The van der Waals surface area contributed by atoms with Crippen molar-refractivity contribution in [2.45, 2.75) is 46.0 Å². The van der Waals surface area contributed by atoms with Gasteiger partial charge in [0.15, 0.2) is 0 Å². The standard InChI is InChI=1S/C11H20O2/c1-3-4-8(2)7-9-5-6-10(9)11(12)13/h8-10H,3-7H2,1-2H3,(H,12,13). The maximum absolute atomic E-state index is 10.7. The summed E-state index contributed by atoms with van der Waals surface area (Å²) < 4.78 is 0. The van der Waals surface area contributed by atoms with E-state index >= 15 is 0 Å². The molecule has 13 heavy (non-hydrogen) atoms.